The monoisotopic (exact) mass is 363 g/mol. The first-order chi connectivity index (χ1) is 13.0. The Balaban J connectivity index is 1.54. The zero-order valence-corrected chi connectivity index (χ0v) is 15.0. The third-order valence-corrected chi connectivity index (χ3v) is 4.63. The highest BCUT2D eigenvalue weighted by atomic mass is 19.1. The summed E-state index contributed by atoms with van der Waals surface area (Å²) in [6.07, 6.45) is 5.31. The third kappa shape index (κ3) is 3.31. The van der Waals surface area contributed by atoms with Crippen LogP contribution in [-0.4, -0.2) is 25.1 Å². The smallest absolute Gasteiger partial charge is 0.253 e. The van der Waals surface area contributed by atoms with Crippen molar-refractivity contribution in [2.45, 2.75) is 13.5 Å². The summed E-state index contributed by atoms with van der Waals surface area (Å²) in [6, 6.07) is 9.69. The van der Waals surface area contributed by atoms with Crippen LogP contribution in [0.3, 0.4) is 0 Å². The summed E-state index contributed by atoms with van der Waals surface area (Å²) in [4.78, 5) is 17.0. The Hall–Kier alpha value is -3.48. The van der Waals surface area contributed by atoms with E-state index in [1.807, 2.05) is 20.2 Å². The average Bonchev–Trinajstić information content (AvgIpc) is 3.23. The van der Waals surface area contributed by atoms with Crippen LogP contribution in [0.2, 0.25) is 0 Å². The zero-order valence-electron chi connectivity index (χ0n) is 15.0. The molecule has 0 aliphatic heterocycles. The van der Waals surface area contributed by atoms with Crippen LogP contribution in [0.1, 0.15) is 21.6 Å². The first-order valence-corrected chi connectivity index (χ1v) is 8.51. The molecule has 4 rings (SSSR count). The summed E-state index contributed by atoms with van der Waals surface area (Å²) < 4.78 is 16.7. The molecule has 0 atom stereocenters. The van der Waals surface area contributed by atoms with E-state index in [0.717, 1.165) is 22.5 Å². The van der Waals surface area contributed by atoms with Gasteiger partial charge in [0.1, 0.15) is 11.5 Å². The summed E-state index contributed by atoms with van der Waals surface area (Å²) in [5.41, 5.74) is 4.79. The van der Waals surface area contributed by atoms with E-state index in [0.29, 0.717) is 17.8 Å². The van der Waals surface area contributed by atoms with Crippen molar-refractivity contribution in [2.24, 2.45) is 7.05 Å². The average molecular weight is 363 g/mol. The predicted molar refractivity (Wildman–Crippen MR) is 99.7 cm³/mol. The molecule has 0 saturated carbocycles. The number of aromatic nitrogens is 4. The fraction of sp³-hybridized carbons (Fsp3) is 0.150. The number of carbonyl (C=O) groups excluding carboxylic acids is 1. The highest BCUT2D eigenvalue weighted by molar-refractivity contribution is 5.94. The lowest BCUT2D eigenvalue weighted by molar-refractivity contribution is 0.0950. The minimum absolute atomic E-state index is 0.169. The van der Waals surface area contributed by atoms with Gasteiger partial charge in [-0.25, -0.2) is 9.37 Å². The maximum atomic E-state index is 13.1. The fourth-order valence-corrected chi connectivity index (χ4v) is 2.88. The third-order valence-electron chi connectivity index (χ3n) is 4.63. The molecule has 0 spiro atoms. The molecule has 7 heteroatoms. The molecule has 6 nitrogen and oxygen atoms in total. The second-order valence-corrected chi connectivity index (χ2v) is 6.38. The van der Waals surface area contributed by atoms with Gasteiger partial charge in [0.15, 0.2) is 0 Å². The Kier molecular flexibility index (Phi) is 4.19. The molecule has 136 valence electrons. The van der Waals surface area contributed by atoms with E-state index in [4.69, 9.17) is 0 Å². The minimum Gasteiger partial charge on any atom is -0.348 e. The van der Waals surface area contributed by atoms with Gasteiger partial charge in [-0.2, -0.15) is 5.10 Å². The van der Waals surface area contributed by atoms with E-state index >= 15 is 0 Å². The van der Waals surface area contributed by atoms with Crippen LogP contribution in [0.5, 0.6) is 0 Å². The van der Waals surface area contributed by atoms with Gasteiger partial charge in [-0.05, 0) is 43.3 Å². The molecule has 0 radical (unpaired) electrons. The standard InChI is InChI=1S/C20H18FN5O/c1-13-16(10-23-25(13)2)9-22-20(27)15-5-8-19-24-18(12-26(19)11-15)14-3-6-17(21)7-4-14/h3-8,10-12H,9H2,1-2H3,(H,22,27). The molecule has 1 N–H and O–H groups in total. The van der Waals surface area contributed by atoms with Gasteiger partial charge in [-0.3, -0.25) is 9.48 Å². The molecule has 3 heterocycles. The van der Waals surface area contributed by atoms with E-state index in [1.165, 1.54) is 12.1 Å². The SMILES string of the molecule is Cc1c(CNC(=O)c2ccc3nc(-c4ccc(F)cc4)cn3c2)cnn1C. The van der Waals surface area contributed by atoms with Crippen molar-refractivity contribution in [3.8, 4) is 11.3 Å². The van der Waals surface area contributed by atoms with E-state index in [9.17, 15) is 9.18 Å². The Morgan fingerprint density at radius 3 is 2.63 bits per heavy atom. The number of nitrogens with zero attached hydrogens (tertiary/aromatic N) is 4. The Morgan fingerprint density at radius 1 is 1.15 bits per heavy atom. The van der Waals surface area contributed by atoms with Crippen molar-refractivity contribution >= 4 is 11.6 Å². The number of pyridine rings is 1. The maximum absolute atomic E-state index is 13.1. The van der Waals surface area contributed by atoms with Crippen molar-refractivity contribution in [1.29, 1.82) is 0 Å². The molecule has 0 fully saturated rings. The molecule has 0 unspecified atom stereocenters. The van der Waals surface area contributed by atoms with Crippen molar-refractivity contribution < 1.29 is 9.18 Å². The highest BCUT2D eigenvalue weighted by Crippen LogP contribution is 2.20. The highest BCUT2D eigenvalue weighted by Gasteiger charge is 2.11. The van der Waals surface area contributed by atoms with E-state index in [-0.39, 0.29) is 11.7 Å². The number of amides is 1. The number of aryl methyl sites for hydroxylation is 1. The van der Waals surface area contributed by atoms with E-state index in [2.05, 4.69) is 15.4 Å². The minimum atomic E-state index is -0.287. The van der Waals surface area contributed by atoms with Crippen molar-refractivity contribution in [1.82, 2.24) is 24.5 Å². The molecule has 1 aromatic carbocycles. The van der Waals surface area contributed by atoms with Crippen molar-refractivity contribution in [2.75, 3.05) is 0 Å². The topological polar surface area (TPSA) is 64.2 Å². The van der Waals surface area contributed by atoms with Crippen molar-refractivity contribution in [3.05, 3.63) is 77.6 Å². The first-order valence-electron chi connectivity index (χ1n) is 8.51. The molecule has 0 aliphatic rings. The lowest BCUT2D eigenvalue weighted by Crippen LogP contribution is -2.23. The van der Waals surface area contributed by atoms with Crippen LogP contribution in [0.15, 0.2) is 55.0 Å². The predicted octanol–water partition coefficient (Wildman–Crippen LogP) is 3.11. The molecular formula is C20H18FN5O. The van der Waals surface area contributed by atoms with Gasteiger partial charge in [-0.15, -0.1) is 0 Å². The molecule has 3 aromatic heterocycles. The zero-order chi connectivity index (χ0) is 19.0. The van der Waals surface area contributed by atoms with Gasteiger partial charge in [0.05, 0.1) is 17.5 Å². The summed E-state index contributed by atoms with van der Waals surface area (Å²) in [6.45, 7) is 2.38. The second kappa shape index (κ2) is 6.68. The number of benzene rings is 1. The number of imidazole rings is 1. The molecule has 0 saturated heterocycles. The summed E-state index contributed by atoms with van der Waals surface area (Å²) in [7, 11) is 1.87. The maximum Gasteiger partial charge on any atom is 0.253 e. The molecule has 0 bridgehead atoms. The van der Waals surface area contributed by atoms with Gasteiger partial charge >= 0.3 is 0 Å². The van der Waals surface area contributed by atoms with Crippen LogP contribution in [0.4, 0.5) is 4.39 Å². The number of halogens is 1. The second-order valence-electron chi connectivity index (χ2n) is 6.38. The molecule has 0 aliphatic carbocycles. The first kappa shape index (κ1) is 17.0. The Bertz CT molecular complexity index is 1130. The molecule has 27 heavy (non-hydrogen) atoms. The summed E-state index contributed by atoms with van der Waals surface area (Å²) >= 11 is 0. The largest absolute Gasteiger partial charge is 0.348 e. The van der Waals surface area contributed by atoms with Gasteiger partial charge in [0.2, 0.25) is 0 Å². The Morgan fingerprint density at radius 2 is 1.93 bits per heavy atom. The quantitative estimate of drug-likeness (QED) is 0.606. The molecule has 4 aromatic rings. The number of hydrogen-bond donors (Lipinski definition) is 1. The van der Waals surface area contributed by atoms with Gasteiger partial charge in [-0.1, -0.05) is 0 Å². The number of hydrogen-bond acceptors (Lipinski definition) is 3. The number of fused-ring (bicyclic) bond motifs is 1. The Labute approximate surface area is 155 Å². The fourth-order valence-electron chi connectivity index (χ4n) is 2.88. The van der Waals surface area contributed by atoms with Crippen LogP contribution < -0.4 is 5.32 Å². The van der Waals surface area contributed by atoms with Crippen LogP contribution >= 0.6 is 0 Å². The number of rotatable bonds is 4. The lowest BCUT2D eigenvalue weighted by Gasteiger charge is -2.05. The van der Waals surface area contributed by atoms with Crippen LogP contribution in [-0.2, 0) is 13.6 Å². The normalized spacial score (nSPS) is 11.1. The molecule has 1 amide bonds. The van der Waals surface area contributed by atoms with Gasteiger partial charge in [0.25, 0.3) is 5.91 Å². The van der Waals surface area contributed by atoms with Gasteiger partial charge < -0.3 is 9.72 Å². The van der Waals surface area contributed by atoms with Gasteiger partial charge in [0, 0.05) is 42.8 Å². The van der Waals surface area contributed by atoms with Crippen molar-refractivity contribution in [3.63, 3.8) is 0 Å². The summed E-state index contributed by atoms with van der Waals surface area (Å²) in [5, 5.41) is 7.09. The summed E-state index contributed by atoms with van der Waals surface area (Å²) in [5.74, 6) is -0.456. The lowest BCUT2D eigenvalue weighted by atomic mass is 10.2. The molecular weight excluding hydrogens is 345 g/mol. The van der Waals surface area contributed by atoms with Crippen LogP contribution in [0, 0.1) is 12.7 Å². The van der Waals surface area contributed by atoms with Crippen LogP contribution in [0.25, 0.3) is 16.9 Å². The number of nitrogens with one attached hydrogen (secondary N) is 1. The number of carbonyl (C=O) groups is 1. The van der Waals surface area contributed by atoms with E-state index < -0.39 is 0 Å². The van der Waals surface area contributed by atoms with E-state index in [1.54, 1.807) is 45.7 Å².